The zero-order valence-corrected chi connectivity index (χ0v) is 16.3. The maximum atomic E-state index is 12.9. The van der Waals surface area contributed by atoms with Gasteiger partial charge in [-0.15, -0.1) is 0 Å². The number of nitrogens with zero attached hydrogens (tertiary/aromatic N) is 2. The second kappa shape index (κ2) is 9.01. The van der Waals surface area contributed by atoms with Crippen LogP contribution in [0, 0.1) is 0 Å². The normalized spacial score (nSPS) is 11.1. The lowest BCUT2D eigenvalue weighted by Gasteiger charge is -2.10. The summed E-state index contributed by atoms with van der Waals surface area (Å²) in [7, 11) is 0. The van der Waals surface area contributed by atoms with Crippen molar-refractivity contribution in [2.24, 2.45) is 0 Å². The van der Waals surface area contributed by atoms with Crippen molar-refractivity contribution in [1.82, 2.24) is 9.78 Å². The summed E-state index contributed by atoms with van der Waals surface area (Å²) >= 11 is 0. The quantitative estimate of drug-likeness (QED) is 0.456. The van der Waals surface area contributed by atoms with E-state index in [2.05, 4.69) is 5.10 Å². The van der Waals surface area contributed by atoms with E-state index in [9.17, 15) is 9.59 Å². The number of hydrogen-bond acceptors (Lipinski definition) is 4. The fourth-order valence-corrected chi connectivity index (χ4v) is 3.19. The Kier molecular flexibility index (Phi) is 5.80. The molecule has 5 heteroatoms. The lowest BCUT2D eigenvalue weighted by Crippen LogP contribution is -2.27. The summed E-state index contributed by atoms with van der Waals surface area (Å²) in [5.74, 6) is -0.564. The van der Waals surface area contributed by atoms with Crippen molar-refractivity contribution in [2.45, 2.75) is 6.54 Å². The zero-order valence-electron chi connectivity index (χ0n) is 16.3. The molecule has 0 saturated heterocycles. The number of rotatable bonds is 6. The van der Waals surface area contributed by atoms with Crippen molar-refractivity contribution in [3.63, 3.8) is 0 Å². The topological polar surface area (TPSA) is 61.2 Å². The van der Waals surface area contributed by atoms with Crippen LogP contribution < -0.4 is 5.56 Å². The highest BCUT2D eigenvalue weighted by Crippen LogP contribution is 2.15. The van der Waals surface area contributed by atoms with Gasteiger partial charge in [-0.1, -0.05) is 84.9 Å². The van der Waals surface area contributed by atoms with Crippen LogP contribution in [0.2, 0.25) is 0 Å². The van der Waals surface area contributed by atoms with Crippen molar-refractivity contribution in [1.29, 1.82) is 0 Å². The smallest absolute Gasteiger partial charge is 0.359 e. The maximum Gasteiger partial charge on any atom is 0.359 e. The van der Waals surface area contributed by atoms with Gasteiger partial charge in [-0.25, -0.2) is 9.48 Å². The molecule has 0 spiro atoms. The average molecular weight is 396 g/mol. The van der Waals surface area contributed by atoms with Gasteiger partial charge in [0.05, 0.1) is 11.9 Å². The van der Waals surface area contributed by atoms with Crippen LogP contribution in [0.3, 0.4) is 0 Å². The fraction of sp³-hybridized carbons (Fsp3) is 0.0800. The van der Waals surface area contributed by atoms with Gasteiger partial charge in [0, 0.05) is 5.39 Å². The van der Waals surface area contributed by atoms with Crippen LogP contribution in [0.15, 0.2) is 95.8 Å². The van der Waals surface area contributed by atoms with E-state index in [1.54, 1.807) is 30.3 Å². The van der Waals surface area contributed by atoms with Crippen molar-refractivity contribution in [2.75, 3.05) is 6.61 Å². The molecule has 1 aromatic heterocycles. The third-order valence-electron chi connectivity index (χ3n) is 4.66. The summed E-state index contributed by atoms with van der Waals surface area (Å²) in [6.45, 7) is 0.389. The highest BCUT2D eigenvalue weighted by molar-refractivity contribution is 6.02. The summed E-state index contributed by atoms with van der Waals surface area (Å²) in [5, 5.41) is 5.27. The Morgan fingerprint density at radius 2 is 1.50 bits per heavy atom. The van der Waals surface area contributed by atoms with E-state index in [4.69, 9.17) is 4.74 Å². The van der Waals surface area contributed by atoms with Crippen molar-refractivity contribution >= 4 is 22.8 Å². The van der Waals surface area contributed by atoms with E-state index in [1.165, 1.54) is 4.68 Å². The summed E-state index contributed by atoms with van der Waals surface area (Å²) in [6.07, 6.45) is 3.66. The molecule has 30 heavy (non-hydrogen) atoms. The fourth-order valence-electron chi connectivity index (χ4n) is 3.19. The Hall–Kier alpha value is -3.99. The van der Waals surface area contributed by atoms with Crippen LogP contribution in [-0.2, 0) is 11.3 Å². The maximum absolute atomic E-state index is 12.9. The summed E-state index contributed by atoms with van der Waals surface area (Å²) in [6, 6.07) is 26.3. The molecule has 5 nitrogen and oxygen atoms in total. The zero-order chi connectivity index (χ0) is 20.8. The third kappa shape index (κ3) is 4.36. The molecule has 0 bridgehead atoms. The average Bonchev–Trinajstić information content (AvgIpc) is 2.80. The molecule has 0 aliphatic carbocycles. The molecule has 4 rings (SSSR count). The van der Waals surface area contributed by atoms with Crippen LogP contribution in [0.5, 0.6) is 0 Å². The number of carbonyl (C=O) groups excluding carboxylic acids is 1. The molecule has 0 radical (unpaired) electrons. The van der Waals surface area contributed by atoms with E-state index in [-0.39, 0.29) is 24.4 Å². The van der Waals surface area contributed by atoms with Crippen molar-refractivity contribution in [3.05, 3.63) is 118 Å². The van der Waals surface area contributed by atoms with E-state index in [0.717, 1.165) is 11.1 Å². The van der Waals surface area contributed by atoms with Crippen LogP contribution in [-0.4, -0.2) is 22.4 Å². The second-order valence-corrected chi connectivity index (χ2v) is 6.75. The number of fused-ring (bicyclic) bond motifs is 1. The molecule has 0 amide bonds. The predicted molar refractivity (Wildman–Crippen MR) is 117 cm³/mol. The first-order valence-corrected chi connectivity index (χ1v) is 9.65. The Bertz CT molecular complexity index is 1250. The molecule has 0 aliphatic rings. The van der Waals surface area contributed by atoms with Gasteiger partial charge < -0.3 is 4.74 Å². The second-order valence-electron chi connectivity index (χ2n) is 6.75. The standard InChI is InChI=1S/C25H20N2O3/c28-24-22-16-8-7-15-21(22)23(26-27(24)18-20-12-5-2-6-13-20)25(29)30-17-9-14-19-10-3-1-4-11-19/h1-16H,17-18H2. The molecular formula is C25H20N2O3. The number of esters is 1. The first-order chi connectivity index (χ1) is 14.7. The number of benzene rings is 3. The molecule has 0 saturated carbocycles. The minimum absolute atomic E-state index is 0.113. The molecule has 4 aromatic rings. The van der Waals surface area contributed by atoms with Crippen molar-refractivity contribution in [3.8, 4) is 0 Å². The Morgan fingerprint density at radius 3 is 2.23 bits per heavy atom. The summed E-state index contributed by atoms with van der Waals surface area (Å²) in [4.78, 5) is 25.6. The van der Waals surface area contributed by atoms with Crippen LogP contribution in [0.1, 0.15) is 21.6 Å². The molecule has 148 valence electrons. The van der Waals surface area contributed by atoms with E-state index in [1.807, 2.05) is 66.7 Å². The molecule has 0 fully saturated rings. The predicted octanol–water partition coefficient (Wildman–Crippen LogP) is 4.32. The highest BCUT2D eigenvalue weighted by Gasteiger charge is 2.17. The van der Waals surface area contributed by atoms with E-state index >= 15 is 0 Å². The van der Waals surface area contributed by atoms with Gasteiger partial charge in [-0.05, 0) is 23.3 Å². The minimum Gasteiger partial charge on any atom is -0.457 e. The van der Waals surface area contributed by atoms with E-state index < -0.39 is 5.97 Å². The van der Waals surface area contributed by atoms with Crippen LogP contribution in [0.25, 0.3) is 16.8 Å². The Labute approximate surface area is 173 Å². The largest absolute Gasteiger partial charge is 0.457 e. The lowest BCUT2D eigenvalue weighted by molar-refractivity contribution is 0.0543. The molecule has 0 N–H and O–H groups in total. The monoisotopic (exact) mass is 396 g/mol. The molecular weight excluding hydrogens is 376 g/mol. The molecule has 0 atom stereocenters. The third-order valence-corrected chi connectivity index (χ3v) is 4.66. The Balaban J connectivity index is 1.60. The van der Waals surface area contributed by atoms with Crippen LogP contribution in [0.4, 0.5) is 0 Å². The first-order valence-electron chi connectivity index (χ1n) is 9.65. The van der Waals surface area contributed by atoms with Gasteiger partial charge >= 0.3 is 5.97 Å². The summed E-state index contributed by atoms with van der Waals surface area (Å²) in [5.41, 5.74) is 1.84. The van der Waals surface area contributed by atoms with Crippen LogP contribution >= 0.6 is 0 Å². The molecule has 0 aliphatic heterocycles. The number of hydrogen-bond donors (Lipinski definition) is 0. The van der Waals surface area contributed by atoms with Gasteiger partial charge in [-0.2, -0.15) is 5.10 Å². The van der Waals surface area contributed by atoms with Gasteiger partial charge in [0.15, 0.2) is 5.69 Å². The molecule has 0 unspecified atom stereocenters. The Morgan fingerprint density at radius 1 is 0.867 bits per heavy atom. The van der Waals surface area contributed by atoms with Gasteiger partial charge in [-0.3, -0.25) is 4.79 Å². The number of carbonyl (C=O) groups is 1. The molecule has 3 aromatic carbocycles. The number of ether oxygens (including phenoxy) is 1. The van der Waals surface area contributed by atoms with E-state index in [0.29, 0.717) is 10.8 Å². The molecule has 1 heterocycles. The first kappa shape index (κ1) is 19.3. The minimum atomic E-state index is -0.564. The van der Waals surface area contributed by atoms with Gasteiger partial charge in [0.2, 0.25) is 0 Å². The van der Waals surface area contributed by atoms with Gasteiger partial charge in [0.25, 0.3) is 5.56 Å². The number of aromatic nitrogens is 2. The SMILES string of the molecule is O=C(OCC=Cc1ccccc1)c1nn(Cc2ccccc2)c(=O)c2ccccc12. The van der Waals surface area contributed by atoms with Gasteiger partial charge in [0.1, 0.15) is 6.61 Å². The van der Waals surface area contributed by atoms with Crippen molar-refractivity contribution < 1.29 is 9.53 Å². The lowest BCUT2D eigenvalue weighted by atomic mass is 10.1. The summed E-state index contributed by atoms with van der Waals surface area (Å²) < 4.78 is 6.71. The highest BCUT2D eigenvalue weighted by atomic mass is 16.5.